The Morgan fingerprint density at radius 3 is 1.46 bits per heavy atom. The van der Waals surface area contributed by atoms with Crippen molar-refractivity contribution in [2.75, 3.05) is 89.1 Å². The molecule has 0 aliphatic rings. The fourth-order valence-corrected chi connectivity index (χ4v) is 2.23. The molecule has 0 saturated carbocycles. The van der Waals surface area contributed by atoms with E-state index in [4.69, 9.17) is 14.2 Å². The van der Waals surface area contributed by atoms with Crippen LogP contribution in [0.5, 0.6) is 0 Å². The van der Waals surface area contributed by atoms with Gasteiger partial charge in [0.05, 0.1) is 13.2 Å². The van der Waals surface area contributed by atoms with Crippen LogP contribution >= 0.6 is 0 Å². The molecule has 0 amide bonds. The Labute approximate surface area is 154 Å². The molecule has 0 radical (unpaired) electrons. The van der Waals surface area contributed by atoms with Gasteiger partial charge < -0.3 is 34.2 Å². The molecule has 11 heteroatoms. The van der Waals surface area contributed by atoms with Crippen LogP contribution in [0.4, 0.5) is 17.8 Å². The van der Waals surface area contributed by atoms with E-state index in [0.717, 1.165) is 0 Å². The first-order valence-corrected chi connectivity index (χ1v) is 8.34. The van der Waals surface area contributed by atoms with Gasteiger partial charge in [-0.3, -0.25) is 4.90 Å². The second-order valence-corrected chi connectivity index (χ2v) is 5.32. The number of anilines is 3. The zero-order valence-electron chi connectivity index (χ0n) is 16.0. The lowest BCUT2D eigenvalue weighted by atomic mass is 10.5. The van der Waals surface area contributed by atoms with Gasteiger partial charge in [-0.1, -0.05) is 0 Å². The van der Waals surface area contributed by atoms with Gasteiger partial charge in [-0.15, -0.1) is 0 Å². The molecule has 26 heavy (non-hydrogen) atoms. The normalized spacial score (nSPS) is 10.8. The smallest absolute Gasteiger partial charge is 0.235 e. The second-order valence-electron chi connectivity index (χ2n) is 5.32. The number of hydrogen-bond donors (Lipinski definition) is 2. The highest BCUT2D eigenvalue weighted by atomic mass is 16.5. The van der Waals surface area contributed by atoms with E-state index in [2.05, 4.69) is 15.0 Å². The molecule has 0 saturated heterocycles. The van der Waals surface area contributed by atoms with Crippen molar-refractivity contribution in [2.45, 2.75) is 6.92 Å². The molecule has 150 valence electrons. The quantitative estimate of drug-likeness (QED) is 0.395. The summed E-state index contributed by atoms with van der Waals surface area (Å²) in [5.41, 5.74) is 0. The topological polar surface area (TPSA) is 117 Å². The van der Waals surface area contributed by atoms with Crippen LogP contribution in [0.1, 0.15) is 6.92 Å². The summed E-state index contributed by atoms with van der Waals surface area (Å²) in [6.45, 7) is 3.75. The van der Waals surface area contributed by atoms with Crippen molar-refractivity contribution in [2.24, 2.45) is 0 Å². The monoisotopic (exact) mass is 374 g/mol. The van der Waals surface area contributed by atoms with E-state index in [1.165, 1.54) is 0 Å². The Bertz CT molecular complexity index is 463. The van der Waals surface area contributed by atoms with Crippen molar-refractivity contribution in [3.05, 3.63) is 0 Å². The summed E-state index contributed by atoms with van der Waals surface area (Å²) in [5, 5.41) is 18.6. The minimum atomic E-state index is -0.0915. The van der Waals surface area contributed by atoms with Gasteiger partial charge in [0.2, 0.25) is 17.8 Å². The molecule has 0 fully saturated rings. The first-order chi connectivity index (χ1) is 12.6. The van der Waals surface area contributed by atoms with Crippen LogP contribution in [0.15, 0.2) is 0 Å². The van der Waals surface area contributed by atoms with E-state index in [-0.39, 0.29) is 39.8 Å². The van der Waals surface area contributed by atoms with Gasteiger partial charge in [0.15, 0.2) is 0 Å². The van der Waals surface area contributed by atoms with Gasteiger partial charge in [-0.2, -0.15) is 15.0 Å². The maximum atomic E-state index is 9.31. The zero-order valence-corrected chi connectivity index (χ0v) is 16.0. The number of hydrogen-bond acceptors (Lipinski definition) is 11. The molecular formula is C15H30N6O5. The maximum absolute atomic E-state index is 9.31. The number of aromatic nitrogens is 3. The first-order valence-electron chi connectivity index (χ1n) is 8.34. The summed E-state index contributed by atoms with van der Waals surface area (Å²) in [7, 11) is 4.73. The second kappa shape index (κ2) is 12.5. The minimum Gasteiger partial charge on any atom is -0.395 e. The molecule has 1 aromatic heterocycles. The Morgan fingerprint density at radius 2 is 1.08 bits per heavy atom. The number of rotatable bonds is 14. The molecule has 1 rings (SSSR count). The van der Waals surface area contributed by atoms with Crippen molar-refractivity contribution in [3.63, 3.8) is 0 Å². The van der Waals surface area contributed by atoms with Crippen LogP contribution in [0, 0.1) is 0 Å². The summed E-state index contributed by atoms with van der Waals surface area (Å²) in [4.78, 5) is 18.7. The number of ether oxygens (including phenoxy) is 3. The molecule has 0 atom stereocenters. The van der Waals surface area contributed by atoms with Crippen LogP contribution in [0.2, 0.25) is 0 Å². The van der Waals surface area contributed by atoms with Crippen molar-refractivity contribution < 1.29 is 24.4 Å². The lowest BCUT2D eigenvalue weighted by Crippen LogP contribution is -2.36. The third-order valence-electron chi connectivity index (χ3n) is 3.42. The van der Waals surface area contributed by atoms with Crippen molar-refractivity contribution in [3.8, 4) is 0 Å². The molecule has 1 heterocycles. The lowest BCUT2D eigenvalue weighted by molar-refractivity contribution is 0.138. The number of aliphatic hydroxyl groups is 2. The van der Waals surface area contributed by atoms with Crippen molar-refractivity contribution >= 4 is 17.8 Å². The molecule has 0 aromatic carbocycles. The lowest BCUT2D eigenvalue weighted by Gasteiger charge is -2.27. The molecular weight excluding hydrogens is 344 g/mol. The number of methoxy groups -OCH3 is 3. The molecule has 0 aliphatic carbocycles. The van der Waals surface area contributed by atoms with Gasteiger partial charge in [-0.05, 0) is 6.92 Å². The highest BCUT2D eigenvalue weighted by Gasteiger charge is 2.19. The van der Waals surface area contributed by atoms with Crippen molar-refractivity contribution in [1.82, 2.24) is 15.0 Å². The summed E-state index contributed by atoms with van der Waals surface area (Å²) >= 11 is 0. The van der Waals surface area contributed by atoms with Gasteiger partial charge in [0, 0.05) is 41.0 Å². The average Bonchev–Trinajstić information content (AvgIpc) is 2.65. The summed E-state index contributed by atoms with van der Waals surface area (Å²) in [6.07, 6.45) is 0. The van der Waals surface area contributed by atoms with E-state index < -0.39 is 0 Å². The van der Waals surface area contributed by atoms with Crippen molar-refractivity contribution in [1.29, 1.82) is 0 Å². The number of nitrogens with zero attached hydrogens (tertiary/aromatic N) is 6. The van der Waals surface area contributed by atoms with E-state index in [9.17, 15) is 10.2 Å². The van der Waals surface area contributed by atoms with Crippen LogP contribution in [-0.4, -0.2) is 99.5 Å². The molecule has 0 aliphatic heterocycles. The molecule has 1 aromatic rings. The van der Waals surface area contributed by atoms with E-state index >= 15 is 0 Å². The minimum absolute atomic E-state index is 0.0915. The molecule has 0 spiro atoms. The summed E-state index contributed by atoms with van der Waals surface area (Å²) in [6, 6.07) is 0. The third-order valence-corrected chi connectivity index (χ3v) is 3.42. The standard InChI is InChI=1S/C15H30N6O5/c1-5-19(10-24-2)13-16-14(20(6-8-22)7-9-23)18-15(17-13)21(11-25-3)12-26-4/h22-23H,5-12H2,1-4H3. The van der Waals surface area contributed by atoms with E-state index in [1.807, 2.05) is 11.8 Å². The van der Waals surface area contributed by atoms with E-state index in [1.54, 1.807) is 31.1 Å². The van der Waals surface area contributed by atoms with Gasteiger partial charge in [0.1, 0.15) is 20.2 Å². The van der Waals surface area contributed by atoms with E-state index in [0.29, 0.717) is 31.1 Å². The van der Waals surface area contributed by atoms with Gasteiger partial charge >= 0.3 is 0 Å². The highest BCUT2D eigenvalue weighted by Crippen LogP contribution is 2.19. The Kier molecular flexibility index (Phi) is 10.7. The fourth-order valence-electron chi connectivity index (χ4n) is 2.23. The fraction of sp³-hybridized carbons (Fsp3) is 0.800. The van der Waals surface area contributed by atoms with Gasteiger partial charge in [0.25, 0.3) is 0 Å². The average molecular weight is 374 g/mol. The Balaban J connectivity index is 3.35. The van der Waals surface area contributed by atoms with Crippen LogP contribution < -0.4 is 14.7 Å². The third kappa shape index (κ3) is 6.50. The summed E-state index contributed by atoms with van der Waals surface area (Å²) in [5.74, 6) is 1.14. The first kappa shape index (κ1) is 22.3. The predicted octanol–water partition coefficient (Wildman–Crippen LogP) is -0.893. The predicted molar refractivity (Wildman–Crippen MR) is 97.3 cm³/mol. The highest BCUT2D eigenvalue weighted by molar-refractivity contribution is 5.46. The zero-order chi connectivity index (χ0) is 19.4. The molecule has 0 bridgehead atoms. The van der Waals surface area contributed by atoms with Crippen LogP contribution in [-0.2, 0) is 14.2 Å². The summed E-state index contributed by atoms with van der Waals surface area (Å²) < 4.78 is 15.6. The molecule has 0 unspecified atom stereocenters. The maximum Gasteiger partial charge on any atom is 0.235 e. The van der Waals surface area contributed by atoms with Crippen LogP contribution in [0.25, 0.3) is 0 Å². The number of aliphatic hydroxyl groups excluding tert-OH is 2. The molecule has 2 N–H and O–H groups in total. The SMILES string of the molecule is CCN(COC)c1nc(N(CCO)CCO)nc(N(COC)COC)n1. The van der Waals surface area contributed by atoms with Gasteiger partial charge in [-0.25, -0.2) is 0 Å². The van der Waals surface area contributed by atoms with Crippen LogP contribution in [0.3, 0.4) is 0 Å². The Morgan fingerprint density at radius 1 is 0.692 bits per heavy atom. The largest absolute Gasteiger partial charge is 0.395 e. The Hall–Kier alpha value is -1.79. The molecule has 11 nitrogen and oxygen atoms in total.